The predicted molar refractivity (Wildman–Crippen MR) is 149 cm³/mol. The minimum absolute atomic E-state index is 0.138. The molecule has 1 fully saturated rings. The number of carbonyl (C=O) groups is 2. The van der Waals surface area contributed by atoms with Gasteiger partial charge < -0.3 is 10.2 Å². The normalized spacial score (nSPS) is 14.8. The van der Waals surface area contributed by atoms with Crippen molar-refractivity contribution < 1.29 is 18.0 Å². The van der Waals surface area contributed by atoms with Crippen LogP contribution in [0, 0.1) is 20.8 Å². The number of benzene rings is 2. The van der Waals surface area contributed by atoms with Gasteiger partial charge in [-0.1, -0.05) is 54.8 Å². The summed E-state index contributed by atoms with van der Waals surface area (Å²) in [4.78, 5) is 28.2. The third kappa shape index (κ3) is 7.81. The van der Waals surface area contributed by atoms with Crippen molar-refractivity contribution in [1.29, 1.82) is 0 Å². The summed E-state index contributed by atoms with van der Waals surface area (Å²) >= 11 is 0. The van der Waals surface area contributed by atoms with Crippen molar-refractivity contribution in [2.45, 2.75) is 84.8 Å². The van der Waals surface area contributed by atoms with Gasteiger partial charge in [-0.25, -0.2) is 8.42 Å². The van der Waals surface area contributed by atoms with Gasteiger partial charge in [-0.2, -0.15) is 0 Å². The van der Waals surface area contributed by atoms with Gasteiger partial charge in [0, 0.05) is 25.6 Å². The maximum atomic E-state index is 13.5. The van der Waals surface area contributed by atoms with Crippen LogP contribution in [0.4, 0.5) is 5.69 Å². The number of anilines is 1. The van der Waals surface area contributed by atoms with Gasteiger partial charge in [-0.15, -0.1) is 0 Å². The number of hydrogen-bond acceptors (Lipinski definition) is 4. The molecule has 202 valence electrons. The lowest BCUT2D eigenvalue weighted by Gasteiger charge is -2.30. The summed E-state index contributed by atoms with van der Waals surface area (Å²) in [6, 6.07) is 13.1. The van der Waals surface area contributed by atoms with E-state index in [4.69, 9.17) is 0 Å². The highest BCUT2D eigenvalue weighted by Gasteiger charge is 2.29. The van der Waals surface area contributed by atoms with Crippen molar-refractivity contribution in [3.63, 3.8) is 0 Å². The van der Waals surface area contributed by atoms with Crippen molar-refractivity contribution in [3.05, 3.63) is 64.7 Å². The highest BCUT2D eigenvalue weighted by atomic mass is 32.2. The Bertz CT molecular complexity index is 1210. The van der Waals surface area contributed by atoms with Crippen molar-refractivity contribution >= 4 is 27.5 Å². The molecule has 0 aromatic heterocycles. The molecule has 37 heavy (non-hydrogen) atoms. The largest absolute Gasteiger partial charge is 0.352 e. The standard InChI is InChI=1S/C29H41N3O4S/c1-21-11-8-13-25(19-21)20-31(24(4)29(34)30-26-14-6-7-15-26)28(33)17-10-18-32(37(5,35)36)27-16-9-12-22(2)23(27)3/h8-9,11-13,16,19,24,26H,6-7,10,14-15,17-18,20H2,1-5H3,(H,30,34). The van der Waals surface area contributed by atoms with Crippen LogP contribution in [0.25, 0.3) is 0 Å². The number of amides is 2. The van der Waals surface area contributed by atoms with Crippen molar-refractivity contribution in [1.82, 2.24) is 10.2 Å². The average Bonchev–Trinajstić information content (AvgIpc) is 3.34. The maximum Gasteiger partial charge on any atom is 0.242 e. The number of hydrogen-bond donors (Lipinski definition) is 1. The molecule has 0 radical (unpaired) electrons. The first-order chi connectivity index (χ1) is 17.5. The maximum absolute atomic E-state index is 13.5. The summed E-state index contributed by atoms with van der Waals surface area (Å²) < 4.78 is 26.6. The monoisotopic (exact) mass is 527 g/mol. The van der Waals surface area contributed by atoms with Gasteiger partial charge in [0.2, 0.25) is 21.8 Å². The molecule has 2 aromatic carbocycles. The van der Waals surface area contributed by atoms with Crippen molar-refractivity contribution in [3.8, 4) is 0 Å². The highest BCUT2D eigenvalue weighted by Crippen LogP contribution is 2.26. The molecule has 1 N–H and O–H groups in total. The van der Waals surface area contributed by atoms with E-state index in [1.54, 1.807) is 17.9 Å². The van der Waals surface area contributed by atoms with Gasteiger partial charge in [-0.3, -0.25) is 13.9 Å². The van der Waals surface area contributed by atoms with Crippen LogP contribution in [-0.2, 0) is 26.2 Å². The van der Waals surface area contributed by atoms with Crippen LogP contribution in [0.15, 0.2) is 42.5 Å². The molecule has 8 heteroatoms. The van der Waals surface area contributed by atoms with E-state index < -0.39 is 16.1 Å². The van der Waals surface area contributed by atoms with Gasteiger partial charge >= 0.3 is 0 Å². The van der Waals surface area contributed by atoms with Gasteiger partial charge in [0.25, 0.3) is 0 Å². The minimum Gasteiger partial charge on any atom is -0.352 e. The summed E-state index contributed by atoms with van der Waals surface area (Å²) in [6.45, 7) is 8.14. The van der Waals surface area contributed by atoms with Gasteiger partial charge in [0.15, 0.2) is 0 Å². The van der Waals surface area contributed by atoms with E-state index in [0.29, 0.717) is 18.7 Å². The fourth-order valence-corrected chi connectivity index (χ4v) is 5.99. The Morgan fingerprint density at radius 2 is 1.73 bits per heavy atom. The fraction of sp³-hybridized carbons (Fsp3) is 0.517. The number of nitrogens with one attached hydrogen (secondary N) is 1. The lowest BCUT2D eigenvalue weighted by molar-refractivity contribution is -0.141. The molecule has 1 saturated carbocycles. The van der Waals surface area contributed by atoms with Crippen LogP contribution in [0.5, 0.6) is 0 Å². The molecule has 0 heterocycles. The molecule has 1 atom stereocenters. The average molecular weight is 528 g/mol. The zero-order valence-corrected chi connectivity index (χ0v) is 23.6. The molecule has 3 rings (SSSR count). The summed E-state index contributed by atoms with van der Waals surface area (Å²) in [5.41, 5.74) is 4.59. The van der Waals surface area contributed by atoms with E-state index >= 15 is 0 Å². The summed E-state index contributed by atoms with van der Waals surface area (Å²) in [5, 5.41) is 3.12. The predicted octanol–water partition coefficient (Wildman–Crippen LogP) is 4.63. The second-order valence-corrected chi connectivity index (χ2v) is 12.2. The first kappa shape index (κ1) is 28.7. The number of rotatable bonds is 11. The van der Waals surface area contributed by atoms with Crippen LogP contribution in [0.2, 0.25) is 0 Å². The topological polar surface area (TPSA) is 86.8 Å². The Hall–Kier alpha value is -2.87. The quantitative estimate of drug-likeness (QED) is 0.461. The van der Waals surface area contributed by atoms with E-state index in [2.05, 4.69) is 5.32 Å². The molecule has 7 nitrogen and oxygen atoms in total. The second-order valence-electron chi connectivity index (χ2n) is 10.3. The molecular weight excluding hydrogens is 486 g/mol. The van der Waals surface area contributed by atoms with Crippen LogP contribution in [-0.4, -0.2) is 50.0 Å². The van der Waals surface area contributed by atoms with E-state index in [0.717, 1.165) is 47.9 Å². The van der Waals surface area contributed by atoms with Crippen molar-refractivity contribution in [2.24, 2.45) is 0 Å². The number of sulfonamides is 1. The third-order valence-electron chi connectivity index (χ3n) is 7.30. The highest BCUT2D eigenvalue weighted by molar-refractivity contribution is 7.92. The number of aryl methyl sites for hydroxylation is 2. The molecule has 0 aliphatic heterocycles. The van der Waals surface area contributed by atoms with Crippen LogP contribution >= 0.6 is 0 Å². The van der Waals surface area contributed by atoms with E-state index in [1.807, 2.05) is 57.2 Å². The fourth-order valence-electron chi connectivity index (χ4n) is 4.97. The molecule has 0 bridgehead atoms. The Labute approximate surface area is 222 Å². The first-order valence-electron chi connectivity index (χ1n) is 13.2. The molecule has 0 spiro atoms. The smallest absolute Gasteiger partial charge is 0.242 e. The van der Waals surface area contributed by atoms with E-state index in [-0.39, 0.29) is 30.8 Å². The zero-order valence-electron chi connectivity index (χ0n) is 22.8. The minimum atomic E-state index is -3.53. The molecular formula is C29H41N3O4S. The lowest BCUT2D eigenvalue weighted by atomic mass is 10.1. The van der Waals surface area contributed by atoms with Crippen molar-refractivity contribution in [2.75, 3.05) is 17.1 Å². The first-order valence-corrected chi connectivity index (χ1v) is 15.0. The molecule has 0 saturated heterocycles. The van der Waals surface area contributed by atoms with Crippen LogP contribution in [0.3, 0.4) is 0 Å². The number of nitrogens with zero attached hydrogens (tertiary/aromatic N) is 2. The van der Waals surface area contributed by atoms with Crippen LogP contribution < -0.4 is 9.62 Å². The molecule has 2 aromatic rings. The summed E-state index contributed by atoms with van der Waals surface area (Å²) in [5.74, 6) is -0.300. The summed E-state index contributed by atoms with van der Waals surface area (Å²) in [6.07, 6.45) is 5.86. The van der Waals surface area contributed by atoms with E-state index in [9.17, 15) is 18.0 Å². The summed E-state index contributed by atoms with van der Waals surface area (Å²) in [7, 11) is -3.53. The Morgan fingerprint density at radius 3 is 2.38 bits per heavy atom. The Morgan fingerprint density at radius 1 is 1.05 bits per heavy atom. The Balaban J connectivity index is 1.74. The lowest BCUT2D eigenvalue weighted by Crippen LogP contribution is -2.49. The van der Waals surface area contributed by atoms with Gasteiger partial charge in [0.1, 0.15) is 6.04 Å². The number of carbonyl (C=O) groups excluding carboxylic acids is 2. The molecule has 1 aliphatic rings. The zero-order chi connectivity index (χ0) is 27.2. The molecule has 1 unspecified atom stereocenters. The van der Waals surface area contributed by atoms with E-state index in [1.165, 1.54) is 10.6 Å². The SMILES string of the molecule is Cc1cccc(CN(C(=O)CCCN(c2cccc(C)c2C)S(C)(=O)=O)C(C)C(=O)NC2CCCC2)c1. The third-order valence-corrected chi connectivity index (χ3v) is 8.48. The molecule has 1 aliphatic carbocycles. The Kier molecular flexibility index (Phi) is 9.76. The molecule has 2 amide bonds. The van der Waals surface area contributed by atoms with Gasteiger partial charge in [-0.05, 0) is 69.7 Å². The second kappa shape index (κ2) is 12.6. The van der Waals surface area contributed by atoms with Crippen LogP contribution in [0.1, 0.15) is 67.7 Å². The van der Waals surface area contributed by atoms with Gasteiger partial charge in [0.05, 0.1) is 11.9 Å².